The Morgan fingerprint density at radius 2 is 2.05 bits per heavy atom. The van der Waals surface area contributed by atoms with Crippen molar-refractivity contribution in [2.24, 2.45) is 0 Å². The summed E-state index contributed by atoms with van der Waals surface area (Å²) >= 11 is 0. The molecule has 0 saturated carbocycles. The van der Waals surface area contributed by atoms with Gasteiger partial charge in [0.1, 0.15) is 5.75 Å². The van der Waals surface area contributed by atoms with Crippen LogP contribution in [0.5, 0.6) is 5.75 Å². The summed E-state index contributed by atoms with van der Waals surface area (Å²) in [6, 6.07) is 5.84. The first kappa shape index (κ1) is 15.0. The van der Waals surface area contributed by atoms with Crippen molar-refractivity contribution in [2.75, 3.05) is 7.11 Å². The standard InChI is InChI=1S/C14H19NO4/c1-3-10-4-5-12(19-2)11(8-10)9-15-13(16)6-7-14(17)18/h4-5,8H,3,6-7,9H2,1-2H3,(H,15,16)(H,17,18). The highest BCUT2D eigenvalue weighted by Gasteiger charge is 2.08. The van der Waals surface area contributed by atoms with E-state index in [0.29, 0.717) is 6.54 Å². The maximum Gasteiger partial charge on any atom is 0.303 e. The molecule has 0 aromatic heterocycles. The van der Waals surface area contributed by atoms with Crippen molar-refractivity contribution in [1.29, 1.82) is 0 Å². The van der Waals surface area contributed by atoms with E-state index in [4.69, 9.17) is 9.84 Å². The van der Waals surface area contributed by atoms with Gasteiger partial charge in [-0.2, -0.15) is 0 Å². The van der Waals surface area contributed by atoms with Gasteiger partial charge >= 0.3 is 5.97 Å². The lowest BCUT2D eigenvalue weighted by molar-refractivity contribution is -0.138. The summed E-state index contributed by atoms with van der Waals surface area (Å²) in [4.78, 5) is 21.8. The van der Waals surface area contributed by atoms with Gasteiger partial charge in [-0.3, -0.25) is 9.59 Å². The smallest absolute Gasteiger partial charge is 0.303 e. The van der Waals surface area contributed by atoms with Gasteiger partial charge in [-0.15, -0.1) is 0 Å². The number of carboxylic acid groups (broad SMARTS) is 1. The number of carbonyl (C=O) groups excluding carboxylic acids is 1. The van der Waals surface area contributed by atoms with Gasteiger partial charge in [0.25, 0.3) is 0 Å². The van der Waals surface area contributed by atoms with Crippen LogP contribution in [-0.2, 0) is 22.6 Å². The molecule has 5 heteroatoms. The Morgan fingerprint density at radius 3 is 2.63 bits per heavy atom. The minimum Gasteiger partial charge on any atom is -0.496 e. The monoisotopic (exact) mass is 265 g/mol. The van der Waals surface area contributed by atoms with Crippen molar-refractivity contribution in [3.05, 3.63) is 29.3 Å². The van der Waals surface area contributed by atoms with Crippen molar-refractivity contribution in [1.82, 2.24) is 5.32 Å². The third-order valence-electron chi connectivity index (χ3n) is 2.79. The number of aliphatic carboxylic acids is 1. The van der Waals surface area contributed by atoms with Crippen LogP contribution in [0.25, 0.3) is 0 Å². The highest BCUT2D eigenvalue weighted by molar-refractivity contribution is 5.80. The molecular formula is C14H19NO4. The molecule has 0 bridgehead atoms. The summed E-state index contributed by atoms with van der Waals surface area (Å²) in [5, 5.41) is 11.2. The van der Waals surface area contributed by atoms with Gasteiger partial charge in [0.15, 0.2) is 0 Å². The topological polar surface area (TPSA) is 75.6 Å². The second-order valence-electron chi connectivity index (χ2n) is 4.17. The number of nitrogens with one attached hydrogen (secondary N) is 1. The zero-order chi connectivity index (χ0) is 14.3. The van der Waals surface area contributed by atoms with Crippen LogP contribution in [0.1, 0.15) is 30.9 Å². The molecule has 0 saturated heterocycles. The lowest BCUT2D eigenvalue weighted by atomic mass is 10.1. The molecule has 1 aromatic rings. The first-order valence-corrected chi connectivity index (χ1v) is 6.21. The highest BCUT2D eigenvalue weighted by Crippen LogP contribution is 2.20. The predicted octanol–water partition coefficient (Wildman–Crippen LogP) is 1.74. The summed E-state index contributed by atoms with van der Waals surface area (Å²) < 4.78 is 5.23. The van der Waals surface area contributed by atoms with Crippen molar-refractivity contribution in [3.63, 3.8) is 0 Å². The summed E-state index contributed by atoms with van der Waals surface area (Å²) in [5.41, 5.74) is 2.06. The van der Waals surface area contributed by atoms with Crippen LogP contribution in [0.15, 0.2) is 18.2 Å². The molecule has 5 nitrogen and oxygen atoms in total. The molecule has 0 aliphatic carbocycles. The van der Waals surface area contributed by atoms with E-state index in [1.165, 1.54) is 0 Å². The van der Waals surface area contributed by atoms with E-state index in [1.807, 2.05) is 18.2 Å². The van der Waals surface area contributed by atoms with Crippen LogP contribution in [0.4, 0.5) is 0 Å². The lowest BCUT2D eigenvalue weighted by Gasteiger charge is -2.11. The Bertz CT molecular complexity index is 457. The fourth-order valence-corrected chi connectivity index (χ4v) is 1.69. The van der Waals surface area contributed by atoms with Crippen LogP contribution in [0.3, 0.4) is 0 Å². The zero-order valence-electron chi connectivity index (χ0n) is 11.2. The predicted molar refractivity (Wildman–Crippen MR) is 71.1 cm³/mol. The fourth-order valence-electron chi connectivity index (χ4n) is 1.69. The van der Waals surface area contributed by atoms with Gasteiger partial charge in [-0.25, -0.2) is 0 Å². The van der Waals surface area contributed by atoms with Gasteiger partial charge < -0.3 is 15.2 Å². The number of methoxy groups -OCH3 is 1. The Morgan fingerprint density at radius 1 is 1.32 bits per heavy atom. The Labute approximate surface area is 112 Å². The van der Waals surface area contributed by atoms with E-state index in [0.717, 1.165) is 23.3 Å². The first-order valence-electron chi connectivity index (χ1n) is 6.21. The van der Waals surface area contributed by atoms with Gasteiger partial charge in [-0.1, -0.05) is 19.1 Å². The number of benzene rings is 1. The first-order chi connectivity index (χ1) is 9.06. The lowest BCUT2D eigenvalue weighted by Crippen LogP contribution is -2.23. The van der Waals surface area contributed by atoms with E-state index >= 15 is 0 Å². The fraction of sp³-hybridized carbons (Fsp3) is 0.429. The molecular weight excluding hydrogens is 246 g/mol. The number of aryl methyl sites for hydroxylation is 1. The molecule has 1 amide bonds. The van der Waals surface area contributed by atoms with Crippen LogP contribution in [0, 0.1) is 0 Å². The normalized spacial score (nSPS) is 10.0. The largest absolute Gasteiger partial charge is 0.496 e. The van der Waals surface area contributed by atoms with Crippen LogP contribution in [0.2, 0.25) is 0 Å². The number of ether oxygens (including phenoxy) is 1. The molecule has 0 spiro atoms. The maximum absolute atomic E-state index is 11.5. The van der Waals surface area contributed by atoms with Crippen molar-refractivity contribution >= 4 is 11.9 Å². The molecule has 1 rings (SSSR count). The SMILES string of the molecule is CCc1ccc(OC)c(CNC(=O)CCC(=O)O)c1. The summed E-state index contributed by atoms with van der Waals surface area (Å²) in [5.74, 6) is -0.525. The molecule has 0 atom stereocenters. The van der Waals surface area contributed by atoms with E-state index in [1.54, 1.807) is 7.11 Å². The molecule has 0 radical (unpaired) electrons. The second kappa shape index (κ2) is 7.41. The van der Waals surface area contributed by atoms with Gasteiger partial charge in [0.05, 0.1) is 13.5 Å². The average molecular weight is 265 g/mol. The molecule has 104 valence electrons. The number of rotatable bonds is 7. The van der Waals surface area contributed by atoms with Crippen LogP contribution >= 0.6 is 0 Å². The molecule has 0 aliphatic heterocycles. The minimum atomic E-state index is -0.972. The number of carboxylic acids is 1. The van der Waals surface area contributed by atoms with Gasteiger partial charge in [-0.05, 0) is 18.1 Å². The average Bonchev–Trinajstić information content (AvgIpc) is 2.42. The molecule has 0 heterocycles. The number of carbonyl (C=O) groups is 2. The highest BCUT2D eigenvalue weighted by atomic mass is 16.5. The third-order valence-corrected chi connectivity index (χ3v) is 2.79. The van der Waals surface area contributed by atoms with Gasteiger partial charge in [0, 0.05) is 18.5 Å². The van der Waals surface area contributed by atoms with E-state index in [2.05, 4.69) is 12.2 Å². The summed E-state index contributed by atoms with van der Waals surface area (Å²) in [6.07, 6.45) is 0.743. The number of hydrogen-bond acceptors (Lipinski definition) is 3. The quantitative estimate of drug-likeness (QED) is 0.787. The molecule has 0 fully saturated rings. The summed E-state index contributed by atoms with van der Waals surface area (Å²) in [6.45, 7) is 2.40. The number of hydrogen-bond donors (Lipinski definition) is 2. The molecule has 1 aromatic carbocycles. The van der Waals surface area contributed by atoms with E-state index < -0.39 is 5.97 Å². The Kier molecular flexibility index (Phi) is 5.85. The van der Waals surface area contributed by atoms with Crippen molar-refractivity contribution in [3.8, 4) is 5.75 Å². The Hall–Kier alpha value is -2.04. The maximum atomic E-state index is 11.5. The van der Waals surface area contributed by atoms with E-state index in [9.17, 15) is 9.59 Å². The Balaban J connectivity index is 2.60. The third kappa shape index (κ3) is 4.99. The molecule has 2 N–H and O–H groups in total. The molecule has 19 heavy (non-hydrogen) atoms. The van der Waals surface area contributed by atoms with Crippen LogP contribution in [-0.4, -0.2) is 24.1 Å². The molecule has 0 aliphatic rings. The van der Waals surface area contributed by atoms with E-state index in [-0.39, 0.29) is 18.7 Å². The minimum absolute atomic E-state index is 0.00881. The van der Waals surface area contributed by atoms with Crippen molar-refractivity contribution < 1.29 is 19.4 Å². The second-order valence-corrected chi connectivity index (χ2v) is 4.17. The zero-order valence-corrected chi connectivity index (χ0v) is 11.2. The summed E-state index contributed by atoms with van der Waals surface area (Å²) in [7, 11) is 1.58. The van der Waals surface area contributed by atoms with Gasteiger partial charge in [0.2, 0.25) is 5.91 Å². The van der Waals surface area contributed by atoms with Crippen LogP contribution < -0.4 is 10.1 Å². The van der Waals surface area contributed by atoms with Crippen molar-refractivity contribution in [2.45, 2.75) is 32.7 Å². The number of amides is 1. The molecule has 0 unspecified atom stereocenters.